The van der Waals surface area contributed by atoms with Crippen molar-refractivity contribution in [2.45, 2.75) is 39.5 Å². The first kappa shape index (κ1) is 20.4. The van der Waals surface area contributed by atoms with Gasteiger partial charge in [0.1, 0.15) is 5.41 Å². The Hall–Kier alpha value is -2.88. The molecule has 4 bridgehead atoms. The lowest BCUT2D eigenvalue weighted by molar-refractivity contribution is -0.129. The number of carbonyl (C=O) groups excluding carboxylic acids is 2. The quantitative estimate of drug-likeness (QED) is 0.425. The first-order valence-corrected chi connectivity index (χ1v) is 11.0. The van der Waals surface area contributed by atoms with Crippen LogP contribution in [0.2, 0.25) is 0 Å². The third kappa shape index (κ3) is 2.59. The fourth-order valence-electron chi connectivity index (χ4n) is 5.64. The molecule has 0 radical (unpaired) electrons. The highest BCUT2D eigenvalue weighted by atomic mass is 16.2. The smallest absolute Gasteiger partial charge is 0.236 e. The molecule has 4 aliphatic carbocycles. The standard InChI is InChI=1S/C26H30N2O2/c1-4-27-23(29)9-7-6-8-18(3)25(19-10-11-20(25)13-12-19)26(24(30)28-5-2)21-14-15-22(26)17-16-21/h10-17H,3-9H2,1-2H3,(H,27,29)(H,28,30). The molecule has 2 N–H and O–H groups in total. The van der Waals surface area contributed by atoms with Gasteiger partial charge in [-0.1, -0.05) is 60.8 Å². The van der Waals surface area contributed by atoms with Gasteiger partial charge in [0.05, 0.1) is 5.41 Å². The van der Waals surface area contributed by atoms with Gasteiger partial charge in [0.2, 0.25) is 11.8 Å². The predicted molar refractivity (Wildman–Crippen MR) is 120 cm³/mol. The van der Waals surface area contributed by atoms with E-state index in [1.54, 1.807) is 0 Å². The van der Waals surface area contributed by atoms with E-state index in [-0.39, 0.29) is 11.8 Å². The highest BCUT2D eigenvalue weighted by molar-refractivity contribution is 5.99. The first-order chi connectivity index (χ1) is 14.5. The molecule has 0 aliphatic heterocycles. The number of amides is 2. The lowest BCUT2D eigenvalue weighted by Gasteiger charge is -2.48. The van der Waals surface area contributed by atoms with Crippen LogP contribution < -0.4 is 10.6 Å². The van der Waals surface area contributed by atoms with Gasteiger partial charge in [-0.2, -0.15) is 0 Å². The Morgan fingerprint density at radius 2 is 1.23 bits per heavy atom. The highest BCUT2D eigenvalue weighted by Crippen LogP contribution is 2.70. The first-order valence-electron chi connectivity index (χ1n) is 11.0. The average molecular weight is 403 g/mol. The van der Waals surface area contributed by atoms with Crippen molar-refractivity contribution in [1.82, 2.24) is 10.6 Å². The minimum atomic E-state index is -0.794. The molecule has 0 heterocycles. The van der Waals surface area contributed by atoms with Crippen molar-refractivity contribution in [2.24, 2.45) is 10.8 Å². The molecule has 4 aliphatic rings. The summed E-state index contributed by atoms with van der Waals surface area (Å²) in [4.78, 5) is 25.5. The van der Waals surface area contributed by atoms with Crippen LogP contribution in [-0.2, 0) is 9.59 Å². The second-order valence-electron chi connectivity index (χ2n) is 8.28. The van der Waals surface area contributed by atoms with Crippen LogP contribution >= 0.6 is 0 Å². The van der Waals surface area contributed by atoms with E-state index < -0.39 is 10.8 Å². The molecule has 156 valence electrons. The maximum Gasteiger partial charge on any atom is 0.236 e. The van der Waals surface area contributed by atoms with E-state index >= 15 is 0 Å². The van der Waals surface area contributed by atoms with Crippen molar-refractivity contribution in [3.05, 3.63) is 83.1 Å². The molecule has 0 aromatic carbocycles. The number of carbonyl (C=O) groups is 2. The van der Waals surface area contributed by atoms with E-state index in [1.165, 1.54) is 0 Å². The summed E-state index contributed by atoms with van der Waals surface area (Å²) in [5, 5.41) is 5.97. The lowest BCUT2D eigenvalue weighted by Crippen LogP contribution is -2.53. The Kier molecular flexibility index (Phi) is 5.27. The Bertz CT molecular complexity index is 941. The van der Waals surface area contributed by atoms with E-state index in [2.05, 4.69) is 65.8 Å². The molecule has 0 fully saturated rings. The van der Waals surface area contributed by atoms with Crippen LogP contribution in [-0.4, -0.2) is 24.9 Å². The van der Waals surface area contributed by atoms with Crippen LogP contribution in [0, 0.1) is 10.8 Å². The topological polar surface area (TPSA) is 58.2 Å². The van der Waals surface area contributed by atoms with Gasteiger partial charge in [0.15, 0.2) is 0 Å². The number of allylic oxidation sites excluding steroid dienone is 11. The number of hydrogen-bond acceptors (Lipinski definition) is 2. The van der Waals surface area contributed by atoms with E-state index in [9.17, 15) is 9.59 Å². The maximum atomic E-state index is 13.7. The predicted octanol–water partition coefficient (Wildman–Crippen LogP) is 4.22. The summed E-state index contributed by atoms with van der Waals surface area (Å²) in [5.41, 5.74) is 4.03. The van der Waals surface area contributed by atoms with Crippen molar-refractivity contribution in [1.29, 1.82) is 0 Å². The Morgan fingerprint density at radius 3 is 1.70 bits per heavy atom. The van der Waals surface area contributed by atoms with Gasteiger partial charge in [0.25, 0.3) is 0 Å². The average Bonchev–Trinajstić information content (AvgIpc) is 3.48. The molecule has 0 saturated carbocycles. The molecule has 2 amide bonds. The molecular formula is C26H30N2O2. The van der Waals surface area contributed by atoms with Gasteiger partial charge in [0, 0.05) is 19.5 Å². The van der Waals surface area contributed by atoms with Gasteiger partial charge in [-0.25, -0.2) is 0 Å². The number of hydrogen-bond donors (Lipinski definition) is 2. The van der Waals surface area contributed by atoms with Crippen molar-refractivity contribution < 1.29 is 9.59 Å². The zero-order valence-electron chi connectivity index (χ0n) is 17.9. The molecule has 0 spiro atoms. The zero-order valence-corrected chi connectivity index (χ0v) is 17.9. The summed E-state index contributed by atoms with van der Waals surface area (Å²) in [6.45, 7) is 9.69. The molecular weight excluding hydrogens is 372 g/mol. The third-order valence-corrected chi connectivity index (χ3v) is 6.78. The second kappa shape index (κ2) is 7.75. The summed E-state index contributed by atoms with van der Waals surface area (Å²) in [6, 6.07) is 0. The van der Waals surface area contributed by atoms with Gasteiger partial charge < -0.3 is 10.6 Å². The molecule has 30 heavy (non-hydrogen) atoms. The van der Waals surface area contributed by atoms with Crippen molar-refractivity contribution in [3.63, 3.8) is 0 Å². The SMILES string of the molecule is C=C(CCCCC(=O)NCC)C1(C2(C(=O)NCC)C3=CC=C2C=C3)C2=CC=C1C=C2. The minimum absolute atomic E-state index is 0.0378. The molecule has 0 unspecified atom stereocenters. The van der Waals surface area contributed by atoms with Crippen molar-refractivity contribution in [3.8, 4) is 0 Å². The summed E-state index contributed by atoms with van der Waals surface area (Å²) >= 11 is 0. The van der Waals surface area contributed by atoms with Crippen LogP contribution in [0.25, 0.3) is 0 Å². The van der Waals surface area contributed by atoms with E-state index in [4.69, 9.17) is 0 Å². The summed E-state index contributed by atoms with van der Waals surface area (Å²) in [6.07, 6.45) is 19.8. The molecule has 0 aromatic rings. The molecule has 0 atom stereocenters. The van der Waals surface area contributed by atoms with Crippen molar-refractivity contribution in [2.75, 3.05) is 13.1 Å². The van der Waals surface area contributed by atoms with E-state index in [1.807, 2.05) is 13.8 Å². The van der Waals surface area contributed by atoms with Crippen LogP contribution in [0.5, 0.6) is 0 Å². The number of unbranched alkanes of at least 4 members (excludes halogenated alkanes) is 1. The highest BCUT2D eigenvalue weighted by Gasteiger charge is 2.67. The molecule has 4 rings (SSSR count). The molecule has 4 nitrogen and oxygen atoms in total. The van der Waals surface area contributed by atoms with Gasteiger partial charge >= 0.3 is 0 Å². The third-order valence-electron chi connectivity index (χ3n) is 6.78. The van der Waals surface area contributed by atoms with E-state index in [0.29, 0.717) is 19.5 Å². The van der Waals surface area contributed by atoms with Crippen LogP contribution in [0.15, 0.2) is 83.1 Å². The number of rotatable bonds is 10. The number of fused-ring (bicyclic) bond motifs is 5. The molecule has 0 saturated heterocycles. The largest absolute Gasteiger partial charge is 0.356 e. The van der Waals surface area contributed by atoms with E-state index in [0.717, 1.165) is 47.1 Å². The zero-order chi connectivity index (χ0) is 21.4. The normalized spacial score (nSPS) is 20.6. The Labute approximate surface area is 178 Å². The van der Waals surface area contributed by atoms with Gasteiger partial charge in [-0.15, -0.1) is 0 Å². The van der Waals surface area contributed by atoms with Gasteiger partial charge in [-0.05, 0) is 55.4 Å². The summed E-state index contributed by atoms with van der Waals surface area (Å²) < 4.78 is 0. The summed E-state index contributed by atoms with van der Waals surface area (Å²) in [7, 11) is 0. The van der Waals surface area contributed by atoms with Crippen LogP contribution in [0.4, 0.5) is 0 Å². The monoisotopic (exact) mass is 402 g/mol. The molecule has 0 aromatic heterocycles. The number of nitrogens with one attached hydrogen (secondary N) is 2. The Balaban J connectivity index is 1.66. The van der Waals surface area contributed by atoms with Crippen molar-refractivity contribution >= 4 is 11.8 Å². The molecule has 4 heteroatoms. The minimum Gasteiger partial charge on any atom is -0.356 e. The Morgan fingerprint density at radius 1 is 0.767 bits per heavy atom. The second-order valence-corrected chi connectivity index (χ2v) is 8.28. The summed E-state index contributed by atoms with van der Waals surface area (Å²) in [5.74, 6) is 0.133. The van der Waals surface area contributed by atoms with Gasteiger partial charge in [-0.3, -0.25) is 9.59 Å². The fourth-order valence-corrected chi connectivity index (χ4v) is 5.64. The maximum absolute atomic E-state index is 13.7. The fraction of sp³-hybridized carbons (Fsp3) is 0.385. The van der Waals surface area contributed by atoms with Crippen LogP contribution in [0.3, 0.4) is 0 Å². The van der Waals surface area contributed by atoms with Crippen LogP contribution in [0.1, 0.15) is 39.5 Å². The lowest BCUT2D eigenvalue weighted by atomic mass is 9.52.